The van der Waals surface area contributed by atoms with Crippen molar-refractivity contribution in [2.45, 2.75) is 11.7 Å². The summed E-state index contributed by atoms with van der Waals surface area (Å²) >= 11 is 1.16. The second-order valence-corrected chi connectivity index (χ2v) is 5.29. The fourth-order valence-corrected chi connectivity index (χ4v) is 2.64. The van der Waals surface area contributed by atoms with E-state index in [-0.39, 0.29) is 5.75 Å². The maximum absolute atomic E-state index is 10.8. The molecule has 1 N–H and O–H groups in total. The second-order valence-electron chi connectivity index (χ2n) is 4.34. The number of pyridine rings is 1. The molecule has 0 aliphatic heterocycles. The van der Waals surface area contributed by atoms with Crippen LogP contribution in [0.5, 0.6) is 0 Å². The number of hydrogen-bond donors (Lipinski definition) is 1. The summed E-state index contributed by atoms with van der Waals surface area (Å²) in [5, 5.41) is 13.7. The monoisotopic (exact) mass is 304 g/mol. The first kappa shape index (κ1) is 13.6. The van der Waals surface area contributed by atoms with E-state index in [0.717, 1.165) is 17.3 Å². The number of carbonyl (C=O) groups is 1. The van der Waals surface area contributed by atoms with Gasteiger partial charge in [0.05, 0.1) is 12.3 Å². The van der Waals surface area contributed by atoms with Gasteiger partial charge in [0, 0.05) is 13.2 Å². The zero-order valence-corrected chi connectivity index (χ0v) is 12.0. The lowest BCUT2D eigenvalue weighted by Crippen LogP contribution is -2.06. The van der Waals surface area contributed by atoms with Crippen molar-refractivity contribution in [3.8, 4) is 0 Å². The molecule has 0 spiro atoms. The molecule has 0 saturated carbocycles. The van der Waals surface area contributed by atoms with Gasteiger partial charge in [-0.3, -0.25) is 14.0 Å². The van der Waals surface area contributed by atoms with Gasteiger partial charge < -0.3 is 5.11 Å². The highest BCUT2D eigenvalue weighted by atomic mass is 32.2. The van der Waals surface area contributed by atoms with Crippen LogP contribution in [0.3, 0.4) is 0 Å². The van der Waals surface area contributed by atoms with Crippen LogP contribution >= 0.6 is 11.8 Å². The van der Waals surface area contributed by atoms with Crippen molar-refractivity contribution in [2.75, 3.05) is 5.75 Å². The Morgan fingerprint density at radius 3 is 3.00 bits per heavy atom. The summed E-state index contributed by atoms with van der Waals surface area (Å²) in [5.74, 6) is -0.318. The van der Waals surface area contributed by atoms with E-state index in [2.05, 4.69) is 20.1 Å². The van der Waals surface area contributed by atoms with Crippen molar-refractivity contribution in [1.82, 2.24) is 29.3 Å². The van der Waals surface area contributed by atoms with Crippen molar-refractivity contribution >= 4 is 28.9 Å². The number of thioether (sulfide) groups is 1. The molecule has 0 unspecified atom stereocenters. The number of imidazole rings is 1. The Morgan fingerprint density at radius 2 is 2.29 bits per heavy atom. The molecule has 3 aromatic heterocycles. The highest BCUT2D eigenvalue weighted by Gasteiger charge is 2.15. The Balaban J connectivity index is 2.00. The summed E-state index contributed by atoms with van der Waals surface area (Å²) in [6.45, 7) is 0.399. The molecule has 0 aliphatic rings. The minimum Gasteiger partial charge on any atom is -0.481 e. The minimum atomic E-state index is -0.887. The van der Waals surface area contributed by atoms with Crippen LogP contribution in [0.1, 0.15) is 5.82 Å². The number of fused-ring (bicyclic) bond motifs is 1. The fraction of sp³-hybridized carbons (Fsp3) is 0.250. The van der Waals surface area contributed by atoms with Crippen LogP contribution in [0.4, 0.5) is 0 Å². The topological polar surface area (TPSA) is 98.7 Å². The van der Waals surface area contributed by atoms with E-state index >= 15 is 0 Å². The molecule has 0 aromatic carbocycles. The van der Waals surface area contributed by atoms with Crippen molar-refractivity contribution in [1.29, 1.82) is 0 Å². The first-order chi connectivity index (χ1) is 10.1. The molecule has 8 nitrogen and oxygen atoms in total. The molecule has 3 heterocycles. The van der Waals surface area contributed by atoms with Crippen molar-refractivity contribution < 1.29 is 9.90 Å². The van der Waals surface area contributed by atoms with Gasteiger partial charge >= 0.3 is 5.97 Å². The van der Waals surface area contributed by atoms with E-state index in [1.54, 1.807) is 30.3 Å². The van der Waals surface area contributed by atoms with Crippen molar-refractivity contribution in [3.63, 3.8) is 0 Å². The van der Waals surface area contributed by atoms with E-state index in [1.807, 2.05) is 10.6 Å². The van der Waals surface area contributed by atoms with Crippen molar-refractivity contribution in [3.05, 3.63) is 30.5 Å². The van der Waals surface area contributed by atoms with Crippen LogP contribution in [-0.4, -0.2) is 46.1 Å². The number of rotatable bonds is 5. The lowest BCUT2D eigenvalue weighted by atomic mass is 10.4. The normalized spacial score (nSPS) is 11.1. The zero-order chi connectivity index (χ0) is 14.8. The molecule has 0 bridgehead atoms. The molecule has 0 aliphatic carbocycles. The first-order valence-corrected chi connectivity index (χ1v) is 7.12. The predicted octanol–water partition coefficient (Wildman–Crippen LogP) is 0.785. The largest absolute Gasteiger partial charge is 0.481 e. The summed E-state index contributed by atoms with van der Waals surface area (Å²) < 4.78 is 3.45. The number of hydrogen-bond acceptors (Lipinski definition) is 6. The standard InChI is InChI=1S/C12H12N6O2S/c1-17-7-14-9(16-17)5-18-11-8(3-2-4-13-11)15-12(18)21-6-10(19)20/h2-4,7H,5-6H2,1H3,(H,19,20). The average Bonchev–Trinajstić information content (AvgIpc) is 3.01. The number of aromatic nitrogens is 6. The van der Waals surface area contributed by atoms with Crippen molar-refractivity contribution in [2.24, 2.45) is 7.05 Å². The Hall–Kier alpha value is -2.42. The molecule has 3 aromatic rings. The zero-order valence-electron chi connectivity index (χ0n) is 11.2. The summed E-state index contributed by atoms with van der Waals surface area (Å²) in [6, 6.07) is 3.64. The number of carboxylic acids is 1. The van der Waals surface area contributed by atoms with Gasteiger partial charge in [0.1, 0.15) is 11.8 Å². The summed E-state index contributed by atoms with van der Waals surface area (Å²) in [6.07, 6.45) is 3.30. The van der Waals surface area contributed by atoms with Gasteiger partial charge in [-0.05, 0) is 12.1 Å². The van der Waals surface area contributed by atoms with Gasteiger partial charge in [0.2, 0.25) is 0 Å². The summed E-state index contributed by atoms with van der Waals surface area (Å²) in [7, 11) is 1.79. The quantitative estimate of drug-likeness (QED) is 0.695. The van der Waals surface area contributed by atoms with Gasteiger partial charge in [-0.1, -0.05) is 11.8 Å². The lowest BCUT2D eigenvalue weighted by Gasteiger charge is -2.04. The second kappa shape index (κ2) is 5.52. The first-order valence-electron chi connectivity index (χ1n) is 6.14. The SMILES string of the molecule is Cn1cnc(Cn2c(SCC(=O)O)nc3cccnc32)n1. The van der Waals surface area contributed by atoms with Crippen LogP contribution < -0.4 is 0 Å². The smallest absolute Gasteiger partial charge is 0.313 e. The van der Waals surface area contributed by atoms with Crippen LogP contribution in [-0.2, 0) is 18.4 Å². The van der Waals surface area contributed by atoms with E-state index in [1.165, 1.54) is 0 Å². The van der Waals surface area contributed by atoms with E-state index in [4.69, 9.17) is 5.11 Å². The molecule has 3 rings (SSSR count). The van der Waals surface area contributed by atoms with Crippen LogP contribution in [0, 0.1) is 0 Å². The third-order valence-electron chi connectivity index (χ3n) is 2.74. The molecule has 0 fully saturated rings. The molecule has 21 heavy (non-hydrogen) atoms. The molecule has 0 atom stereocenters. The van der Waals surface area contributed by atoms with Gasteiger partial charge in [-0.15, -0.1) is 0 Å². The molecule has 9 heteroatoms. The van der Waals surface area contributed by atoms with E-state index in [0.29, 0.717) is 23.2 Å². The molecule has 0 radical (unpaired) electrons. The van der Waals surface area contributed by atoms with Gasteiger partial charge in [-0.2, -0.15) is 5.10 Å². The Bertz CT molecular complexity index is 796. The molecular formula is C12H12N6O2S. The Labute approximate surface area is 123 Å². The van der Waals surface area contributed by atoms with Crippen LogP contribution in [0.2, 0.25) is 0 Å². The van der Waals surface area contributed by atoms with Crippen LogP contribution in [0.15, 0.2) is 29.8 Å². The highest BCUT2D eigenvalue weighted by Crippen LogP contribution is 2.23. The maximum Gasteiger partial charge on any atom is 0.313 e. The van der Waals surface area contributed by atoms with Crippen LogP contribution in [0.25, 0.3) is 11.2 Å². The highest BCUT2D eigenvalue weighted by molar-refractivity contribution is 7.99. The molecule has 0 amide bonds. The Kier molecular flexibility index (Phi) is 3.57. The molecule has 108 valence electrons. The van der Waals surface area contributed by atoms with E-state index < -0.39 is 5.97 Å². The number of carboxylic acid groups (broad SMARTS) is 1. The van der Waals surface area contributed by atoms with Gasteiger partial charge in [0.25, 0.3) is 0 Å². The third kappa shape index (κ3) is 2.87. The molecular weight excluding hydrogens is 292 g/mol. The average molecular weight is 304 g/mol. The lowest BCUT2D eigenvalue weighted by molar-refractivity contribution is -0.133. The van der Waals surface area contributed by atoms with Gasteiger partial charge in [0.15, 0.2) is 16.6 Å². The number of nitrogens with zero attached hydrogens (tertiary/aromatic N) is 6. The Morgan fingerprint density at radius 1 is 1.43 bits per heavy atom. The summed E-state index contributed by atoms with van der Waals surface area (Å²) in [5.41, 5.74) is 1.42. The molecule has 0 saturated heterocycles. The van der Waals surface area contributed by atoms with Gasteiger partial charge in [-0.25, -0.2) is 15.0 Å². The fourth-order valence-electron chi connectivity index (χ4n) is 1.91. The number of aliphatic carboxylic acids is 1. The van der Waals surface area contributed by atoms with E-state index in [9.17, 15) is 4.79 Å². The minimum absolute atomic E-state index is 0.0566. The number of aryl methyl sites for hydroxylation is 1. The third-order valence-corrected chi connectivity index (χ3v) is 3.70. The summed E-state index contributed by atoms with van der Waals surface area (Å²) in [4.78, 5) is 23.7. The predicted molar refractivity (Wildman–Crippen MR) is 76.0 cm³/mol. The maximum atomic E-state index is 10.8.